The normalized spacial score (nSPS) is 13.2. The van der Waals surface area contributed by atoms with E-state index in [9.17, 15) is 23.1 Å². The molecule has 3 nitrogen and oxygen atoms in total. The number of halogens is 4. The highest BCUT2D eigenvalue weighted by Crippen LogP contribution is 2.34. The molecule has 0 amide bonds. The van der Waals surface area contributed by atoms with E-state index < -0.39 is 23.8 Å². The maximum Gasteiger partial charge on any atom is 0.416 e. The molecule has 0 heterocycles. The van der Waals surface area contributed by atoms with Gasteiger partial charge in [0.15, 0.2) is 0 Å². The Hall–Kier alpha value is -1.08. The van der Waals surface area contributed by atoms with Gasteiger partial charge in [0, 0.05) is 4.47 Å². The van der Waals surface area contributed by atoms with Crippen molar-refractivity contribution in [2.75, 3.05) is 6.61 Å². The third kappa shape index (κ3) is 4.50. The van der Waals surface area contributed by atoms with Crippen LogP contribution < -0.4 is 0 Å². The number of rotatable bonds is 4. The van der Waals surface area contributed by atoms with Crippen LogP contribution in [-0.4, -0.2) is 17.7 Å². The number of alkyl halides is 3. The number of carbonyl (C=O) groups excluding carboxylic acids is 1. The molecule has 1 aromatic carbocycles. The van der Waals surface area contributed by atoms with Crippen LogP contribution in [-0.2, 0) is 15.7 Å². The van der Waals surface area contributed by atoms with Crippen LogP contribution in [0.2, 0.25) is 0 Å². The Morgan fingerprint density at radius 1 is 1.47 bits per heavy atom. The number of aliphatic hydroxyl groups is 1. The van der Waals surface area contributed by atoms with Crippen molar-refractivity contribution >= 4 is 21.9 Å². The van der Waals surface area contributed by atoms with Gasteiger partial charge in [-0.25, -0.2) is 0 Å². The molecule has 0 saturated heterocycles. The fourth-order valence-electron chi connectivity index (χ4n) is 1.46. The molecule has 1 aromatic rings. The van der Waals surface area contributed by atoms with Gasteiger partial charge in [-0.2, -0.15) is 13.2 Å². The number of esters is 1. The first kappa shape index (κ1) is 16.0. The Bertz CT molecular complexity index is 460. The number of aliphatic hydroxyl groups excluding tert-OH is 1. The molecule has 19 heavy (non-hydrogen) atoms. The SMILES string of the molecule is CCOC(=O)CC(O)c1ccc(C(F)(F)F)cc1Br. The van der Waals surface area contributed by atoms with Gasteiger partial charge in [0.05, 0.1) is 24.7 Å². The van der Waals surface area contributed by atoms with Crippen LogP contribution in [0.15, 0.2) is 22.7 Å². The molecule has 1 N–H and O–H groups in total. The summed E-state index contributed by atoms with van der Waals surface area (Å²) in [6.07, 6.45) is -5.97. The monoisotopic (exact) mass is 340 g/mol. The Kier molecular flexibility index (Phi) is 5.37. The molecule has 0 aliphatic carbocycles. The van der Waals surface area contributed by atoms with E-state index in [0.717, 1.165) is 18.2 Å². The van der Waals surface area contributed by atoms with E-state index >= 15 is 0 Å². The molecule has 0 bridgehead atoms. The number of ether oxygens (including phenoxy) is 1. The molecule has 7 heteroatoms. The predicted octanol–water partition coefficient (Wildman–Crippen LogP) is 3.45. The summed E-state index contributed by atoms with van der Waals surface area (Å²) in [5, 5.41) is 9.78. The fraction of sp³-hybridized carbons (Fsp3) is 0.417. The minimum atomic E-state index is -4.45. The number of hydrogen-bond acceptors (Lipinski definition) is 3. The van der Waals surface area contributed by atoms with E-state index in [1.807, 2.05) is 0 Å². The van der Waals surface area contributed by atoms with Crippen LogP contribution in [0, 0.1) is 0 Å². The molecule has 1 unspecified atom stereocenters. The molecule has 1 atom stereocenters. The Balaban J connectivity index is 2.87. The molecule has 106 valence electrons. The van der Waals surface area contributed by atoms with Crippen LogP contribution in [0.5, 0.6) is 0 Å². The van der Waals surface area contributed by atoms with Gasteiger partial charge in [0.1, 0.15) is 0 Å². The summed E-state index contributed by atoms with van der Waals surface area (Å²) in [5.74, 6) is -0.609. The van der Waals surface area contributed by atoms with Crippen molar-refractivity contribution in [3.8, 4) is 0 Å². The van der Waals surface area contributed by atoms with Gasteiger partial charge in [-0.3, -0.25) is 4.79 Å². The second-order valence-corrected chi connectivity index (χ2v) is 4.61. The number of hydrogen-bond donors (Lipinski definition) is 1. The lowest BCUT2D eigenvalue weighted by atomic mass is 10.0. The van der Waals surface area contributed by atoms with Crippen LogP contribution in [0.3, 0.4) is 0 Å². The van der Waals surface area contributed by atoms with Crippen molar-refractivity contribution < 1.29 is 27.8 Å². The molecule has 0 aliphatic rings. The lowest BCUT2D eigenvalue weighted by Gasteiger charge is -2.14. The summed E-state index contributed by atoms with van der Waals surface area (Å²) in [6, 6.07) is 2.86. The summed E-state index contributed by atoms with van der Waals surface area (Å²) < 4.78 is 42.1. The molecule has 1 rings (SSSR count). The van der Waals surface area contributed by atoms with Crippen molar-refractivity contribution in [3.05, 3.63) is 33.8 Å². The molecule has 0 spiro atoms. The first-order valence-electron chi connectivity index (χ1n) is 5.46. The van der Waals surface area contributed by atoms with Crippen LogP contribution >= 0.6 is 15.9 Å². The average Bonchev–Trinajstić information content (AvgIpc) is 2.27. The van der Waals surface area contributed by atoms with Crippen LogP contribution in [0.4, 0.5) is 13.2 Å². The molecule has 0 aromatic heterocycles. The van der Waals surface area contributed by atoms with Crippen LogP contribution in [0.1, 0.15) is 30.6 Å². The highest BCUT2D eigenvalue weighted by Gasteiger charge is 2.31. The quantitative estimate of drug-likeness (QED) is 0.854. The van der Waals surface area contributed by atoms with E-state index in [4.69, 9.17) is 0 Å². The summed E-state index contributed by atoms with van der Waals surface area (Å²) >= 11 is 2.96. The smallest absolute Gasteiger partial charge is 0.416 e. The largest absolute Gasteiger partial charge is 0.466 e. The van der Waals surface area contributed by atoms with Gasteiger partial charge in [-0.1, -0.05) is 22.0 Å². The first-order chi connectivity index (χ1) is 8.75. The minimum Gasteiger partial charge on any atom is -0.466 e. The average molecular weight is 341 g/mol. The van der Waals surface area contributed by atoms with Crippen molar-refractivity contribution in [2.24, 2.45) is 0 Å². The summed E-state index contributed by atoms with van der Waals surface area (Å²) in [6.45, 7) is 1.80. The van der Waals surface area contributed by atoms with Gasteiger partial charge in [-0.05, 0) is 24.6 Å². The molecule has 0 fully saturated rings. The maximum absolute atomic E-state index is 12.5. The summed E-state index contributed by atoms with van der Waals surface area (Å²) in [7, 11) is 0. The molecule has 0 radical (unpaired) electrons. The zero-order chi connectivity index (χ0) is 14.6. The maximum atomic E-state index is 12.5. The Morgan fingerprint density at radius 2 is 2.11 bits per heavy atom. The summed E-state index contributed by atoms with van der Waals surface area (Å²) in [4.78, 5) is 11.2. The van der Waals surface area contributed by atoms with Crippen molar-refractivity contribution in [2.45, 2.75) is 25.6 Å². The van der Waals surface area contributed by atoms with Crippen molar-refractivity contribution in [1.82, 2.24) is 0 Å². The molecular formula is C12H12BrF3O3. The topological polar surface area (TPSA) is 46.5 Å². The minimum absolute atomic E-state index is 0.0964. The van der Waals surface area contributed by atoms with Gasteiger partial charge in [0.2, 0.25) is 0 Å². The van der Waals surface area contributed by atoms with Gasteiger partial charge < -0.3 is 9.84 Å². The highest BCUT2D eigenvalue weighted by molar-refractivity contribution is 9.10. The fourth-order valence-corrected chi connectivity index (χ4v) is 2.10. The molecular weight excluding hydrogens is 329 g/mol. The highest BCUT2D eigenvalue weighted by atomic mass is 79.9. The summed E-state index contributed by atoms with van der Waals surface area (Å²) in [5.41, 5.74) is -0.618. The zero-order valence-corrected chi connectivity index (χ0v) is 11.6. The van der Waals surface area contributed by atoms with Gasteiger partial charge in [0.25, 0.3) is 0 Å². The Morgan fingerprint density at radius 3 is 2.58 bits per heavy atom. The molecule has 0 saturated carbocycles. The second kappa shape index (κ2) is 6.38. The number of carbonyl (C=O) groups is 1. The van der Waals surface area contributed by atoms with Crippen LogP contribution in [0.25, 0.3) is 0 Å². The Labute approximate surface area is 116 Å². The van der Waals surface area contributed by atoms with Crippen molar-refractivity contribution in [3.63, 3.8) is 0 Å². The lowest BCUT2D eigenvalue weighted by molar-refractivity contribution is -0.145. The van der Waals surface area contributed by atoms with E-state index in [1.165, 1.54) is 0 Å². The van der Waals surface area contributed by atoms with Gasteiger partial charge >= 0.3 is 12.1 Å². The second-order valence-electron chi connectivity index (χ2n) is 3.76. The number of benzene rings is 1. The van der Waals surface area contributed by atoms with Crippen molar-refractivity contribution in [1.29, 1.82) is 0 Å². The third-order valence-corrected chi connectivity index (χ3v) is 3.04. The predicted molar refractivity (Wildman–Crippen MR) is 65.4 cm³/mol. The van der Waals surface area contributed by atoms with E-state index in [-0.39, 0.29) is 23.1 Å². The third-order valence-electron chi connectivity index (χ3n) is 2.35. The van der Waals surface area contributed by atoms with E-state index in [2.05, 4.69) is 20.7 Å². The standard InChI is InChI=1S/C12H12BrF3O3/c1-2-19-11(18)6-10(17)8-4-3-7(5-9(8)13)12(14,15)16/h3-5,10,17H,2,6H2,1H3. The van der Waals surface area contributed by atoms with Gasteiger partial charge in [-0.15, -0.1) is 0 Å². The first-order valence-corrected chi connectivity index (χ1v) is 6.25. The zero-order valence-electron chi connectivity index (χ0n) is 10.00. The lowest BCUT2D eigenvalue weighted by Crippen LogP contribution is -2.11. The van der Waals surface area contributed by atoms with E-state index in [1.54, 1.807) is 6.92 Å². The molecule has 0 aliphatic heterocycles. The van der Waals surface area contributed by atoms with E-state index in [0.29, 0.717) is 0 Å².